The van der Waals surface area contributed by atoms with E-state index in [0.29, 0.717) is 17.6 Å². The number of fused-ring (bicyclic) bond motifs is 5. The number of carbonyl (C=O) groups is 1. The molecule has 6 atom stereocenters. The van der Waals surface area contributed by atoms with E-state index < -0.39 is 0 Å². The summed E-state index contributed by atoms with van der Waals surface area (Å²) in [6.45, 7) is 4.49. The molecule has 0 radical (unpaired) electrons. The van der Waals surface area contributed by atoms with Crippen molar-refractivity contribution in [3.05, 3.63) is 23.3 Å². The number of nitriles is 1. The van der Waals surface area contributed by atoms with Gasteiger partial charge in [-0.2, -0.15) is 5.26 Å². The predicted molar refractivity (Wildman–Crippen MR) is 90.3 cm³/mol. The molecule has 4 rings (SSSR count). The Morgan fingerprint density at radius 2 is 2.09 bits per heavy atom. The van der Waals surface area contributed by atoms with Crippen LogP contribution in [-0.2, 0) is 4.79 Å². The molecule has 0 N–H and O–H groups in total. The molecule has 23 heavy (non-hydrogen) atoms. The highest BCUT2D eigenvalue weighted by Gasteiger charge is 2.57. The molecular weight excluding hydrogens is 282 g/mol. The first-order chi connectivity index (χ1) is 11.1. The zero-order valence-electron chi connectivity index (χ0n) is 14.3. The normalized spacial score (nSPS) is 47.3. The van der Waals surface area contributed by atoms with Crippen LogP contribution in [0.15, 0.2) is 23.3 Å². The quantitative estimate of drug-likeness (QED) is 0.602. The van der Waals surface area contributed by atoms with Gasteiger partial charge in [-0.25, -0.2) is 0 Å². The zero-order chi connectivity index (χ0) is 16.2. The Morgan fingerprint density at radius 3 is 2.83 bits per heavy atom. The van der Waals surface area contributed by atoms with E-state index in [9.17, 15) is 10.1 Å². The summed E-state index contributed by atoms with van der Waals surface area (Å²) in [4.78, 5) is 11.8. The molecule has 2 nitrogen and oxygen atoms in total. The van der Waals surface area contributed by atoms with Crippen molar-refractivity contribution in [1.82, 2.24) is 0 Å². The largest absolute Gasteiger partial charge is 0.295 e. The van der Waals surface area contributed by atoms with Crippen molar-refractivity contribution < 1.29 is 4.79 Å². The van der Waals surface area contributed by atoms with E-state index >= 15 is 0 Å². The highest BCUT2D eigenvalue weighted by atomic mass is 16.1. The van der Waals surface area contributed by atoms with Crippen LogP contribution in [0.2, 0.25) is 0 Å². The number of hydrogen-bond donors (Lipinski definition) is 0. The summed E-state index contributed by atoms with van der Waals surface area (Å²) in [5, 5.41) is 9.75. The molecule has 0 aromatic heterocycles. The molecule has 3 fully saturated rings. The molecule has 0 bridgehead atoms. The minimum Gasteiger partial charge on any atom is -0.295 e. The first-order valence-corrected chi connectivity index (χ1v) is 9.36. The fourth-order valence-corrected chi connectivity index (χ4v) is 6.58. The lowest BCUT2D eigenvalue weighted by Crippen LogP contribution is -2.46. The molecule has 4 aliphatic rings. The van der Waals surface area contributed by atoms with Gasteiger partial charge >= 0.3 is 0 Å². The van der Waals surface area contributed by atoms with Gasteiger partial charge in [0.25, 0.3) is 0 Å². The van der Waals surface area contributed by atoms with Crippen LogP contribution in [0.25, 0.3) is 0 Å². The number of rotatable bonds is 0. The average Bonchev–Trinajstić information content (AvgIpc) is 2.85. The lowest BCUT2D eigenvalue weighted by atomic mass is 9.51. The Bertz CT molecular complexity index is 637. The molecule has 122 valence electrons. The Kier molecular flexibility index (Phi) is 3.52. The number of nitrogens with zero attached hydrogens (tertiary/aromatic N) is 1. The maximum Gasteiger partial charge on any atom is 0.155 e. The van der Waals surface area contributed by atoms with Crippen molar-refractivity contribution in [2.45, 2.75) is 58.8 Å². The van der Waals surface area contributed by atoms with Gasteiger partial charge in [-0.1, -0.05) is 24.1 Å². The maximum absolute atomic E-state index is 11.8. The van der Waals surface area contributed by atoms with Crippen LogP contribution in [0.3, 0.4) is 0 Å². The third-order valence-electron chi connectivity index (χ3n) is 7.72. The Labute approximate surface area is 139 Å². The lowest BCUT2D eigenvalue weighted by molar-refractivity contribution is -0.116. The summed E-state index contributed by atoms with van der Waals surface area (Å²) in [5.41, 5.74) is 3.02. The zero-order valence-corrected chi connectivity index (χ0v) is 14.3. The molecule has 0 spiro atoms. The molecule has 0 unspecified atom stereocenters. The second-order valence-corrected chi connectivity index (χ2v) is 8.48. The van der Waals surface area contributed by atoms with E-state index in [1.807, 2.05) is 6.08 Å². The summed E-state index contributed by atoms with van der Waals surface area (Å²) in [5.74, 6) is 3.33. The molecule has 0 aliphatic heterocycles. The highest BCUT2D eigenvalue weighted by molar-refractivity contribution is 5.91. The van der Waals surface area contributed by atoms with Gasteiger partial charge in [0.05, 0.1) is 12.0 Å². The smallest absolute Gasteiger partial charge is 0.155 e. The lowest BCUT2D eigenvalue weighted by Gasteiger charge is -2.53. The average molecular weight is 309 g/mol. The number of carbonyl (C=O) groups excluding carboxylic acids is 1. The van der Waals surface area contributed by atoms with Crippen molar-refractivity contribution in [3.8, 4) is 6.07 Å². The Balaban J connectivity index is 1.67. The predicted octanol–water partition coefficient (Wildman–Crippen LogP) is 4.82. The van der Waals surface area contributed by atoms with E-state index in [2.05, 4.69) is 26.0 Å². The highest BCUT2D eigenvalue weighted by Crippen LogP contribution is 2.64. The van der Waals surface area contributed by atoms with Gasteiger partial charge in [-0.05, 0) is 80.6 Å². The number of hydrogen-bond acceptors (Lipinski definition) is 2. The van der Waals surface area contributed by atoms with E-state index in [0.717, 1.165) is 37.5 Å². The van der Waals surface area contributed by atoms with E-state index in [-0.39, 0.29) is 11.3 Å². The van der Waals surface area contributed by atoms with Gasteiger partial charge in [-0.3, -0.25) is 4.79 Å². The number of ketones is 1. The van der Waals surface area contributed by atoms with Crippen LogP contribution in [0.4, 0.5) is 0 Å². The minimum atomic E-state index is 0.128. The third kappa shape index (κ3) is 2.09. The first kappa shape index (κ1) is 15.2. The van der Waals surface area contributed by atoms with E-state index in [4.69, 9.17) is 0 Å². The molecule has 0 heterocycles. The topological polar surface area (TPSA) is 40.9 Å². The van der Waals surface area contributed by atoms with Crippen molar-refractivity contribution in [3.63, 3.8) is 0 Å². The van der Waals surface area contributed by atoms with Crippen molar-refractivity contribution in [1.29, 1.82) is 5.26 Å². The molecular formula is C21H27NO. The van der Waals surface area contributed by atoms with Crippen molar-refractivity contribution >= 4 is 5.78 Å². The molecule has 0 amide bonds. The van der Waals surface area contributed by atoms with Gasteiger partial charge < -0.3 is 0 Å². The van der Waals surface area contributed by atoms with Gasteiger partial charge in [0.2, 0.25) is 0 Å². The molecule has 0 aromatic rings. The Morgan fingerprint density at radius 1 is 1.26 bits per heavy atom. The first-order valence-electron chi connectivity index (χ1n) is 9.36. The fourth-order valence-electron chi connectivity index (χ4n) is 6.58. The van der Waals surface area contributed by atoms with E-state index in [1.165, 1.54) is 30.4 Å². The van der Waals surface area contributed by atoms with Crippen LogP contribution in [0.1, 0.15) is 58.8 Å². The van der Waals surface area contributed by atoms with Crippen molar-refractivity contribution in [2.24, 2.45) is 35.0 Å². The summed E-state index contributed by atoms with van der Waals surface area (Å²) in [7, 11) is 0. The van der Waals surface area contributed by atoms with Crippen LogP contribution in [0, 0.1) is 46.3 Å². The van der Waals surface area contributed by atoms with Crippen LogP contribution >= 0.6 is 0 Å². The standard InChI is InChI=1S/C21H27NO/c1-3-13-11-19-18-6-4-14-10-15(23)5-7-16(14)17(18)8-9-21(19,2)20(13)12-22/h3,10,16-20H,4-9,11H2,1-2H3/t16-,17+,18+,19-,20-,21-/m0/s1. The third-order valence-corrected chi connectivity index (χ3v) is 7.72. The molecule has 0 aromatic carbocycles. The molecule has 3 saturated carbocycles. The monoisotopic (exact) mass is 309 g/mol. The van der Waals surface area contributed by atoms with Crippen LogP contribution in [-0.4, -0.2) is 5.78 Å². The molecule has 2 heteroatoms. The van der Waals surface area contributed by atoms with Gasteiger partial charge in [0.1, 0.15) is 0 Å². The number of allylic oxidation sites excluding steroid dienone is 3. The maximum atomic E-state index is 11.8. The van der Waals surface area contributed by atoms with Gasteiger partial charge in [0, 0.05) is 6.42 Å². The summed E-state index contributed by atoms with van der Waals surface area (Å²) in [6.07, 6.45) is 11.9. The molecule has 0 saturated heterocycles. The van der Waals surface area contributed by atoms with Crippen molar-refractivity contribution in [2.75, 3.05) is 0 Å². The fraction of sp³-hybridized carbons (Fsp3) is 0.714. The molecule has 4 aliphatic carbocycles. The van der Waals surface area contributed by atoms with Gasteiger partial charge in [0.15, 0.2) is 5.78 Å². The summed E-state index contributed by atoms with van der Waals surface area (Å²) in [6, 6.07) is 2.64. The van der Waals surface area contributed by atoms with Crippen LogP contribution < -0.4 is 0 Å². The Hall–Kier alpha value is -1.36. The second-order valence-electron chi connectivity index (χ2n) is 8.48. The minimum absolute atomic E-state index is 0.128. The SMILES string of the molecule is CC=C1C[C@H]2[C@@H]3CCC4=CC(=O)CC[C@@H]4[C@H]3CC[C@]2(C)[C@H]1C#N. The summed E-state index contributed by atoms with van der Waals surface area (Å²) < 4.78 is 0. The second kappa shape index (κ2) is 5.33. The van der Waals surface area contributed by atoms with Gasteiger partial charge in [-0.15, -0.1) is 0 Å². The summed E-state index contributed by atoms with van der Waals surface area (Å²) >= 11 is 0. The van der Waals surface area contributed by atoms with Crippen LogP contribution in [0.5, 0.6) is 0 Å². The van der Waals surface area contributed by atoms with E-state index in [1.54, 1.807) is 0 Å².